The number of urea groups is 1. The molecule has 0 saturated carbocycles. The van der Waals surface area contributed by atoms with Gasteiger partial charge in [0, 0.05) is 32.2 Å². The molecule has 0 heterocycles. The Kier molecular flexibility index (Phi) is 6.98. The summed E-state index contributed by atoms with van der Waals surface area (Å²) in [6.45, 7) is 2.05. The van der Waals surface area contributed by atoms with Crippen molar-refractivity contribution >= 4 is 17.9 Å². The highest BCUT2D eigenvalue weighted by atomic mass is 19.1. The van der Waals surface area contributed by atoms with Crippen LogP contribution in [0.15, 0.2) is 18.2 Å². The van der Waals surface area contributed by atoms with Gasteiger partial charge in [-0.15, -0.1) is 0 Å². The molecule has 0 spiro atoms. The molecule has 0 unspecified atom stereocenters. The van der Waals surface area contributed by atoms with Gasteiger partial charge in [-0.3, -0.25) is 9.59 Å². The van der Waals surface area contributed by atoms with Crippen LogP contribution in [-0.2, 0) is 4.79 Å². The maximum atomic E-state index is 13.4. The summed E-state index contributed by atoms with van der Waals surface area (Å²) in [4.78, 5) is 35.1. The summed E-state index contributed by atoms with van der Waals surface area (Å²) in [7, 11) is 1.48. The van der Waals surface area contributed by atoms with Crippen LogP contribution in [0, 0.1) is 12.7 Å². The summed E-state index contributed by atoms with van der Waals surface area (Å²) in [5.74, 6) is -1.87. The molecule has 0 saturated heterocycles. The fourth-order valence-electron chi connectivity index (χ4n) is 1.68. The summed E-state index contributed by atoms with van der Waals surface area (Å²) >= 11 is 0. The quantitative estimate of drug-likeness (QED) is 0.651. The molecule has 0 aliphatic rings. The third kappa shape index (κ3) is 6.33. The van der Waals surface area contributed by atoms with Crippen LogP contribution in [-0.4, -0.2) is 54.6 Å². The number of hydrogen-bond donors (Lipinski definition) is 3. The Bertz CT molecular complexity index is 592. The summed E-state index contributed by atoms with van der Waals surface area (Å²) in [6, 6.07) is 3.76. The lowest BCUT2D eigenvalue weighted by molar-refractivity contribution is -0.137. The summed E-state index contributed by atoms with van der Waals surface area (Å²) in [5.41, 5.74) is 0.663. The molecular formula is C15H20FN3O4. The lowest BCUT2D eigenvalue weighted by Gasteiger charge is -2.17. The number of amides is 3. The molecule has 8 heteroatoms. The first-order valence-corrected chi connectivity index (χ1v) is 7.06. The third-order valence-corrected chi connectivity index (χ3v) is 3.13. The average molecular weight is 325 g/mol. The van der Waals surface area contributed by atoms with Crippen molar-refractivity contribution in [3.63, 3.8) is 0 Å². The highest BCUT2D eigenvalue weighted by molar-refractivity contribution is 5.94. The van der Waals surface area contributed by atoms with E-state index in [1.165, 1.54) is 24.1 Å². The van der Waals surface area contributed by atoms with E-state index in [0.717, 1.165) is 6.07 Å². The van der Waals surface area contributed by atoms with Gasteiger partial charge in [-0.25, -0.2) is 9.18 Å². The lowest BCUT2D eigenvalue weighted by atomic mass is 10.1. The van der Waals surface area contributed by atoms with Gasteiger partial charge in [0.05, 0.1) is 6.42 Å². The van der Waals surface area contributed by atoms with Gasteiger partial charge in [-0.05, 0) is 24.6 Å². The van der Waals surface area contributed by atoms with Crippen molar-refractivity contribution in [2.75, 3.05) is 26.7 Å². The van der Waals surface area contributed by atoms with E-state index in [4.69, 9.17) is 5.11 Å². The number of halogens is 1. The fraction of sp³-hybridized carbons (Fsp3) is 0.400. The number of nitrogens with one attached hydrogen (secondary N) is 2. The lowest BCUT2D eigenvalue weighted by Crippen LogP contribution is -2.42. The van der Waals surface area contributed by atoms with E-state index in [2.05, 4.69) is 10.6 Å². The number of carboxylic acids is 1. The monoisotopic (exact) mass is 325 g/mol. The molecule has 23 heavy (non-hydrogen) atoms. The van der Waals surface area contributed by atoms with Crippen LogP contribution in [0.2, 0.25) is 0 Å². The number of benzene rings is 1. The average Bonchev–Trinajstić information content (AvgIpc) is 2.51. The Labute approximate surface area is 133 Å². The number of aliphatic carboxylic acids is 1. The molecule has 0 aliphatic carbocycles. The summed E-state index contributed by atoms with van der Waals surface area (Å²) in [6.07, 6.45) is -0.139. The van der Waals surface area contributed by atoms with Crippen molar-refractivity contribution < 1.29 is 23.9 Å². The topological polar surface area (TPSA) is 98.7 Å². The Morgan fingerprint density at radius 1 is 1.22 bits per heavy atom. The van der Waals surface area contributed by atoms with Crippen molar-refractivity contribution in [1.82, 2.24) is 15.5 Å². The normalized spacial score (nSPS) is 10.0. The SMILES string of the molecule is Cc1ccc(C(=O)NCCNC(=O)N(C)CCC(=O)O)cc1F. The predicted molar refractivity (Wildman–Crippen MR) is 81.8 cm³/mol. The number of nitrogens with zero attached hydrogens (tertiary/aromatic N) is 1. The maximum absolute atomic E-state index is 13.4. The van der Waals surface area contributed by atoms with Crippen LogP contribution in [0.4, 0.5) is 9.18 Å². The first kappa shape index (κ1) is 18.4. The molecular weight excluding hydrogens is 305 g/mol. The van der Waals surface area contributed by atoms with E-state index in [1.54, 1.807) is 6.92 Å². The molecule has 0 atom stereocenters. The molecule has 0 bridgehead atoms. The van der Waals surface area contributed by atoms with Gasteiger partial charge in [-0.1, -0.05) is 6.07 Å². The van der Waals surface area contributed by atoms with E-state index in [0.29, 0.717) is 5.56 Å². The van der Waals surface area contributed by atoms with Gasteiger partial charge in [0.25, 0.3) is 5.91 Å². The van der Waals surface area contributed by atoms with Crippen LogP contribution in [0.1, 0.15) is 22.3 Å². The number of hydrogen-bond acceptors (Lipinski definition) is 3. The first-order valence-electron chi connectivity index (χ1n) is 7.06. The number of rotatable bonds is 7. The van der Waals surface area contributed by atoms with Crippen LogP contribution in [0.3, 0.4) is 0 Å². The molecule has 0 aliphatic heterocycles. The van der Waals surface area contributed by atoms with E-state index < -0.39 is 23.7 Å². The van der Waals surface area contributed by atoms with E-state index in [9.17, 15) is 18.8 Å². The van der Waals surface area contributed by atoms with Crippen LogP contribution in [0.25, 0.3) is 0 Å². The molecule has 1 rings (SSSR count). The zero-order chi connectivity index (χ0) is 17.4. The minimum absolute atomic E-state index is 0.0934. The van der Waals surface area contributed by atoms with Gasteiger partial charge in [-0.2, -0.15) is 0 Å². The van der Waals surface area contributed by atoms with Crippen LogP contribution < -0.4 is 10.6 Å². The minimum atomic E-state index is -0.984. The highest BCUT2D eigenvalue weighted by Gasteiger charge is 2.10. The smallest absolute Gasteiger partial charge is 0.317 e. The van der Waals surface area contributed by atoms with Gasteiger partial charge in [0.1, 0.15) is 5.82 Å². The second-order valence-electron chi connectivity index (χ2n) is 5.02. The van der Waals surface area contributed by atoms with Crippen molar-refractivity contribution in [3.05, 3.63) is 35.1 Å². The molecule has 1 aromatic rings. The molecule has 3 amide bonds. The van der Waals surface area contributed by atoms with Crippen molar-refractivity contribution in [2.45, 2.75) is 13.3 Å². The Balaban J connectivity index is 2.31. The summed E-state index contributed by atoms with van der Waals surface area (Å²) in [5, 5.41) is 13.6. The molecule has 1 aromatic carbocycles. The molecule has 0 fully saturated rings. The minimum Gasteiger partial charge on any atom is -0.481 e. The number of aryl methyl sites for hydroxylation is 1. The molecule has 0 aromatic heterocycles. The van der Waals surface area contributed by atoms with Gasteiger partial charge < -0.3 is 20.6 Å². The molecule has 0 radical (unpaired) electrons. The van der Waals surface area contributed by atoms with Gasteiger partial charge in [0.2, 0.25) is 0 Å². The number of carbonyl (C=O) groups excluding carboxylic acids is 2. The van der Waals surface area contributed by atoms with Crippen LogP contribution in [0.5, 0.6) is 0 Å². The highest BCUT2D eigenvalue weighted by Crippen LogP contribution is 2.08. The first-order chi connectivity index (χ1) is 10.8. The Morgan fingerprint density at radius 2 is 1.87 bits per heavy atom. The number of carbonyl (C=O) groups is 3. The second kappa shape index (κ2) is 8.72. The zero-order valence-electron chi connectivity index (χ0n) is 13.1. The number of carboxylic acid groups (broad SMARTS) is 1. The van der Waals surface area contributed by atoms with Gasteiger partial charge >= 0.3 is 12.0 Å². The zero-order valence-corrected chi connectivity index (χ0v) is 13.1. The molecule has 7 nitrogen and oxygen atoms in total. The van der Waals surface area contributed by atoms with Crippen molar-refractivity contribution in [1.29, 1.82) is 0 Å². The predicted octanol–water partition coefficient (Wildman–Crippen LogP) is 0.980. The molecule has 126 valence electrons. The fourth-order valence-corrected chi connectivity index (χ4v) is 1.68. The Hall–Kier alpha value is -2.64. The van der Waals surface area contributed by atoms with Gasteiger partial charge in [0.15, 0.2) is 0 Å². The Morgan fingerprint density at radius 3 is 2.48 bits per heavy atom. The van der Waals surface area contributed by atoms with E-state index in [-0.39, 0.29) is 31.6 Å². The second-order valence-corrected chi connectivity index (χ2v) is 5.02. The standard InChI is InChI=1S/C15H20FN3O4/c1-10-3-4-11(9-12(10)16)14(22)17-6-7-18-15(23)19(2)8-5-13(20)21/h3-4,9H,5-8H2,1-2H3,(H,17,22)(H,18,23)(H,20,21). The van der Waals surface area contributed by atoms with Crippen LogP contribution >= 0.6 is 0 Å². The van der Waals surface area contributed by atoms with Crippen molar-refractivity contribution in [2.24, 2.45) is 0 Å². The largest absolute Gasteiger partial charge is 0.481 e. The summed E-state index contributed by atoms with van der Waals surface area (Å²) < 4.78 is 13.4. The maximum Gasteiger partial charge on any atom is 0.317 e. The third-order valence-electron chi connectivity index (χ3n) is 3.13. The molecule has 3 N–H and O–H groups in total. The van der Waals surface area contributed by atoms with E-state index >= 15 is 0 Å². The van der Waals surface area contributed by atoms with Crippen molar-refractivity contribution in [3.8, 4) is 0 Å². The van der Waals surface area contributed by atoms with E-state index in [1.807, 2.05) is 0 Å².